The van der Waals surface area contributed by atoms with Crippen LogP contribution in [-0.4, -0.2) is 141 Å². The van der Waals surface area contributed by atoms with Crippen molar-refractivity contribution in [2.45, 2.75) is 164 Å². The van der Waals surface area contributed by atoms with Crippen LogP contribution in [0.5, 0.6) is 34.5 Å². The third-order valence-corrected chi connectivity index (χ3v) is 20.1. The van der Waals surface area contributed by atoms with Gasteiger partial charge in [0.15, 0.2) is 46.4 Å². The Balaban J connectivity index is 0.000000118. The quantitative estimate of drug-likeness (QED) is 0.274. The molecule has 3 spiro atoms. The second-order valence-corrected chi connectivity index (χ2v) is 22.2. The summed E-state index contributed by atoms with van der Waals surface area (Å²) in [6.45, 7) is 3.22. The maximum Gasteiger partial charge on any atom is 0.174 e. The maximum atomic E-state index is 12.6. The topological polar surface area (TPSA) is 123 Å². The molecule has 0 aromatic heterocycles. The second-order valence-electron chi connectivity index (χ2n) is 22.2. The zero-order valence-corrected chi connectivity index (χ0v) is 39.5. The molecule has 69 heavy (non-hydrogen) atoms. The number of nitrogens with zero attached hydrogens (tertiary/aromatic N) is 3. The molecule has 6 aliphatic heterocycles. The van der Waals surface area contributed by atoms with Crippen molar-refractivity contribution in [2.24, 2.45) is 17.8 Å². The maximum absolute atomic E-state index is 12.6. The van der Waals surface area contributed by atoms with Crippen LogP contribution in [0.1, 0.15) is 113 Å². The zero-order chi connectivity index (χ0) is 45.2. The summed E-state index contributed by atoms with van der Waals surface area (Å²) in [7, 11) is 11.8. The van der Waals surface area contributed by atoms with E-state index in [9.17, 15) is 15.0 Å². The van der Waals surface area contributed by atoms with Gasteiger partial charge in [-0.15, -0.1) is 0 Å². The largest absolute Gasteiger partial charge is 0.493 e. The van der Waals surface area contributed by atoms with Gasteiger partial charge < -0.3 is 53.3 Å². The normalized spacial score (nSPS) is 38.9. The van der Waals surface area contributed by atoms with Gasteiger partial charge in [0.05, 0.1) is 33.5 Å². The van der Waals surface area contributed by atoms with Gasteiger partial charge in [0.25, 0.3) is 0 Å². The number of Topliss-reactive ketones (excluding diaryl/α,β-unsaturated/α-hetero) is 1. The standard InChI is InChI=1S/2C18H23NO3.C18H21NO3.3CH4/c3*1-19-8-7-18-11-4-5-13(20)17(18)22-16-14(21-2)6-3-10(15(16)18)9-12(11)19;;;/h2*3,6,11-13,17,20H,4-5,7-9H2,1-2H3;3,6,11-12,17H,4-5,7-9H2,1-2H3;3*1H4/t11?,12?,13-,17+,18+;11?,12?,13-,17-,18-;11?,12?,17-,18-;;;/m011.../s1. The summed E-state index contributed by atoms with van der Waals surface area (Å²) >= 11 is 0. The highest BCUT2D eigenvalue weighted by Crippen LogP contribution is 2.66. The highest BCUT2D eigenvalue weighted by atomic mass is 16.5. The molecular weight excluding hydrogens is 871 g/mol. The number of aliphatic hydroxyl groups excluding tert-OH is 2. The lowest BCUT2D eigenvalue weighted by Gasteiger charge is -2.58. The van der Waals surface area contributed by atoms with Crippen LogP contribution in [0.3, 0.4) is 0 Å². The number of rotatable bonds is 3. The highest BCUT2D eigenvalue weighted by molar-refractivity contribution is 5.89. The predicted octanol–water partition coefficient (Wildman–Crippen LogP) is 7.29. The van der Waals surface area contributed by atoms with Crippen molar-refractivity contribution >= 4 is 5.78 Å². The number of likely N-dealkylation sites (tertiary alicyclic amines) is 3. The number of carbonyl (C=O) groups excluding carboxylic acids is 1. The van der Waals surface area contributed by atoms with E-state index in [1.807, 2.05) is 18.2 Å². The van der Waals surface area contributed by atoms with Crippen molar-refractivity contribution in [1.82, 2.24) is 14.7 Å². The molecule has 6 bridgehead atoms. The molecule has 0 amide bonds. The minimum Gasteiger partial charge on any atom is -0.493 e. The molecule has 3 saturated carbocycles. The Labute approximate surface area is 410 Å². The summed E-state index contributed by atoms with van der Waals surface area (Å²) in [6, 6.07) is 14.4. The molecule has 6 fully saturated rings. The first-order valence-electron chi connectivity index (χ1n) is 25.1. The van der Waals surface area contributed by atoms with Gasteiger partial charge in [-0.25, -0.2) is 0 Å². The van der Waals surface area contributed by atoms with E-state index in [4.69, 9.17) is 28.4 Å². The molecule has 14 atom stereocenters. The molecule has 6 unspecified atom stereocenters. The fourth-order valence-electron chi connectivity index (χ4n) is 17.4. The van der Waals surface area contributed by atoms with E-state index in [0.717, 1.165) is 125 Å². The molecule has 2 N–H and O–H groups in total. The van der Waals surface area contributed by atoms with Crippen LogP contribution in [0, 0.1) is 17.8 Å². The molecule has 12 nitrogen and oxygen atoms in total. The average molecular weight is 950 g/mol. The second kappa shape index (κ2) is 17.0. The number of likely N-dealkylation sites (N-methyl/N-ethyl adjacent to an activating group) is 3. The van der Waals surface area contributed by atoms with E-state index < -0.39 is 0 Å². The predicted molar refractivity (Wildman–Crippen MR) is 267 cm³/mol. The number of ether oxygens (including phenoxy) is 6. The van der Waals surface area contributed by atoms with Crippen LogP contribution in [0.25, 0.3) is 0 Å². The Morgan fingerprint density at radius 1 is 0.522 bits per heavy atom. The minimum absolute atomic E-state index is 0. The van der Waals surface area contributed by atoms with Gasteiger partial charge in [0, 0.05) is 57.5 Å². The Hall–Kier alpha value is -4.07. The lowest BCUT2D eigenvalue weighted by atomic mass is 9.51. The van der Waals surface area contributed by atoms with E-state index in [1.165, 1.54) is 33.4 Å². The van der Waals surface area contributed by atoms with Gasteiger partial charge >= 0.3 is 0 Å². The van der Waals surface area contributed by atoms with Crippen LogP contribution >= 0.6 is 0 Å². The molecule has 6 heterocycles. The van der Waals surface area contributed by atoms with Gasteiger partial charge in [0.2, 0.25) is 0 Å². The summed E-state index contributed by atoms with van der Waals surface area (Å²) in [4.78, 5) is 20.2. The number of ketones is 1. The van der Waals surface area contributed by atoms with Gasteiger partial charge in [-0.05, 0) is 164 Å². The smallest absolute Gasteiger partial charge is 0.174 e. The van der Waals surface area contributed by atoms with Crippen LogP contribution in [-0.2, 0) is 40.3 Å². The number of carbonyl (C=O) groups is 1. The lowest BCUT2D eigenvalue weighted by molar-refractivity contribution is -0.138. The number of hydrogen-bond donors (Lipinski definition) is 2. The summed E-state index contributed by atoms with van der Waals surface area (Å²) < 4.78 is 35.6. The monoisotopic (exact) mass is 950 g/mol. The first-order chi connectivity index (χ1) is 32.0. The van der Waals surface area contributed by atoms with Gasteiger partial charge in [-0.1, -0.05) is 40.5 Å². The number of piperidine rings is 3. The van der Waals surface area contributed by atoms with Crippen LogP contribution < -0.4 is 28.4 Å². The first-order valence-corrected chi connectivity index (χ1v) is 25.1. The summed E-state index contributed by atoms with van der Waals surface area (Å²) in [6.07, 6.45) is 10.9. The Bertz CT molecular complexity index is 2400. The Kier molecular flexibility index (Phi) is 12.0. The van der Waals surface area contributed by atoms with Crippen molar-refractivity contribution in [1.29, 1.82) is 0 Å². The van der Waals surface area contributed by atoms with E-state index >= 15 is 0 Å². The fraction of sp³-hybridized carbons (Fsp3) is 0.667. The summed E-state index contributed by atoms with van der Waals surface area (Å²) in [5.74, 6) is 7.13. The van der Waals surface area contributed by atoms with Gasteiger partial charge in [-0.3, -0.25) is 4.79 Å². The molecule has 6 aliphatic carbocycles. The number of hydrogen-bond acceptors (Lipinski definition) is 12. The summed E-state index contributed by atoms with van der Waals surface area (Å²) in [5, 5.41) is 21.3. The molecule has 3 aromatic carbocycles. The first kappa shape index (κ1) is 48.6. The van der Waals surface area contributed by atoms with Crippen LogP contribution in [0.4, 0.5) is 0 Å². The fourth-order valence-corrected chi connectivity index (χ4v) is 17.4. The zero-order valence-electron chi connectivity index (χ0n) is 39.5. The average Bonchev–Trinajstić information content (AvgIpc) is 4.00. The lowest BCUT2D eigenvalue weighted by Crippen LogP contribution is -2.66. The SMILES string of the molecule is C.C.C.COc1ccc2c3c1O[C@@H]1C(=O)CCC4C(C2)N(C)CC[C@]341.COc1ccc2c3c1O[C@@H]1[C@@H](O)CCC4C(C2)N(C)CC[C@]341.COc1ccc2c3c1O[C@@H]1[C@H](O)CCC4C(C2)N(C)CC[C@]341. The third kappa shape index (κ3) is 6.13. The molecule has 376 valence electrons. The molecular formula is C57H79N3O9. The van der Waals surface area contributed by atoms with Crippen molar-refractivity contribution in [2.75, 3.05) is 62.1 Å². The van der Waals surface area contributed by atoms with E-state index in [0.29, 0.717) is 42.3 Å². The van der Waals surface area contributed by atoms with E-state index in [-0.39, 0.29) is 74.8 Å². The molecule has 0 radical (unpaired) electrons. The van der Waals surface area contributed by atoms with E-state index in [1.54, 1.807) is 21.3 Å². The van der Waals surface area contributed by atoms with Crippen molar-refractivity contribution in [3.05, 3.63) is 69.8 Å². The Morgan fingerprint density at radius 2 is 0.884 bits per heavy atom. The molecule has 15 rings (SSSR count). The van der Waals surface area contributed by atoms with E-state index in [2.05, 4.69) is 54.0 Å². The van der Waals surface area contributed by atoms with Crippen LogP contribution in [0.2, 0.25) is 0 Å². The van der Waals surface area contributed by atoms with Gasteiger partial charge in [0.1, 0.15) is 12.2 Å². The van der Waals surface area contributed by atoms with Crippen molar-refractivity contribution in [3.63, 3.8) is 0 Å². The molecule has 3 aromatic rings. The number of benzene rings is 3. The minimum atomic E-state index is -0.358. The van der Waals surface area contributed by atoms with Crippen molar-refractivity contribution < 1.29 is 43.4 Å². The van der Waals surface area contributed by atoms with Gasteiger partial charge in [-0.2, -0.15) is 0 Å². The molecule has 12 heteroatoms. The molecule has 3 saturated heterocycles. The Morgan fingerprint density at radius 3 is 1.29 bits per heavy atom. The number of methoxy groups -OCH3 is 3. The molecule has 12 aliphatic rings. The van der Waals surface area contributed by atoms with Crippen LogP contribution in [0.15, 0.2) is 36.4 Å². The highest BCUT2D eigenvalue weighted by Gasteiger charge is 2.68. The third-order valence-electron chi connectivity index (χ3n) is 20.1. The number of aliphatic hydroxyl groups is 2. The van der Waals surface area contributed by atoms with Crippen molar-refractivity contribution in [3.8, 4) is 34.5 Å². The summed E-state index contributed by atoms with van der Waals surface area (Å²) in [5.41, 5.74) is 8.12.